The Morgan fingerprint density at radius 3 is 2.77 bits per heavy atom. The second kappa shape index (κ2) is 2.29. The van der Waals surface area contributed by atoms with E-state index in [1.54, 1.807) is 6.07 Å². The highest BCUT2D eigenvalue weighted by Gasteiger charge is 2.09. The van der Waals surface area contributed by atoms with Gasteiger partial charge in [0.2, 0.25) is 0 Å². The maximum atomic E-state index is 5.81. The first kappa shape index (κ1) is 7.72. The largest absolute Gasteiger partial charge is 0.397 e. The van der Waals surface area contributed by atoms with Crippen LogP contribution in [0.4, 0.5) is 11.4 Å². The number of fused-ring (bicyclic) bond motifs is 1. The molecule has 0 amide bonds. The smallest absolute Gasteiger partial charge is 0.116 e. The summed E-state index contributed by atoms with van der Waals surface area (Å²) in [5, 5.41) is 0. The average Bonchev–Trinajstić information content (AvgIpc) is 2.44. The molecule has 2 rings (SSSR count). The summed E-state index contributed by atoms with van der Waals surface area (Å²) in [4.78, 5) is 4.07. The Hall–Kier alpha value is -1.91. The van der Waals surface area contributed by atoms with Crippen LogP contribution in [0.25, 0.3) is 11.0 Å². The van der Waals surface area contributed by atoms with E-state index in [-0.39, 0.29) is 0 Å². The van der Waals surface area contributed by atoms with Gasteiger partial charge in [0.1, 0.15) is 17.4 Å². The van der Waals surface area contributed by atoms with E-state index in [4.69, 9.17) is 17.3 Å². The number of hydrogen-bond donors (Lipinski definition) is 3. The van der Waals surface area contributed by atoms with E-state index >= 15 is 0 Å². The van der Waals surface area contributed by atoms with Crippen molar-refractivity contribution in [1.29, 1.82) is 0 Å². The van der Waals surface area contributed by atoms with Crippen molar-refractivity contribution in [2.24, 2.45) is 0 Å². The van der Waals surface area contributed by atoms with Crippen LogP contribution >= 0.6 is 0 Å². The summed E-state index contributed by atoms with van der Waals surface area (Å²) in [6.45, 7) is 1.89. The van der Waals surface area contributed by atoms with Crippen molar-refractivity contribution >= 4 is 22.4 Å². The molecular formula is C8H11N5. The van der Waals surface area contributed by atoms with Crippen LogP contribution in [0.15, 0.2) is 12.4 Å². The standard InChI is InChI=1S/C8H11N5/c1-4-2-5(9)8-7(6(4)10)12-3-13(8)11/h2-3H,9-11H2,1H3. The van der Waals surface area contributed by atoms with Crippen molar-refractivity contribution in [3.63, 3.8) is 0 Å². The number of aryl methyl sites for hydroxylation is 1. The molecule has 0 bridgehead atoms. The Morgan fingerprint density at radius 1 is 1.38 bits per heavy atom. The molecule has 1 heterocycles. The quantitative estimate of drug-likeness (QED) is 0.396. The lowest BCUT2D eigenvalue weighted by Crippen LogP contribution is -2.07. The molecule has 1 aromatic carbocycles. The SMILES string of the molecule is Cc1cc(N)c2c(ncn2N)c1N. The first-order valence-electron chi connectivity index (χ1n) is 3.88. The minimum Gasteiger partial charge on any atom is -0.397 e. The molecule has 5 nitrogen and oxygen atoms in total. The second-order valence-electron chi connectivity index (χ2n) is 3.05. The topological polar surface area (TPSA) is 95.9 Å². The Morgan fingerprint density at radius 2 is 2.08 bits per heavy atom. The maximum Gasteiger partial charge on any atom is 0.116 e. The summed E-state index contributed by atoms with van der Waals surface area (Å²) in [6, 6.07) is 1.79. The van der Waals surface area contributed by atoms with Crippen LogP contribution in [0.3, 0.4) is 0 Å². The average molecular weight is 177 g/mol. The van der Waals surface area contributed by atoms with Crippen LogP contribution in [0.5, 0.6) is 0 Å². The van der Waals surface area contributed by atoms with Gasteiger partial charge in [-0.05, 0) is 18.6 Å². The van der Waals surface area contributed by atoms with Crippen LogP contribution in [0.2, 0.25) is 0 Å². The fourth-order valence-corrected chi connectivity index (χ4v) is 1.41. The van der Waals surface area contributed by atoms with Gasteiger partial charge in [-0.1, -0.05) is 0 Å². The number of benzene rings is 1. The van der Waals surface area contributed by atoms with E-state index in [1.165, 1.54) is 11.0 Å². The number of hydrogen-bond acceptors (Lipinski definition) is 4. The predicted octanol–water partition coefficient (Wildman–Crippen LogP) is 0.223. The molecule has 5 heteroatoms. The summed E-state index contributed by atoms with van der Waals surface area (Å²) < 4.78 is 1.38. The van der Waals surface area contributed by atoms with Gasteiger partial charge in [0.05, 0.1) is 11.4 Å². The maximum absolute atomic E-state index is 5.81. The number of nitrogens with two attached hydrogens (primary N) is 3. The minimum atomic E-state index is 0.599. The van der Waals surface area contributed by atoms with Crippen molar-refractivity contribution in [2.45, 2.75) is 6.92 Å². The van der Waals surface area contributed by atoms with Crippen molar-refractivity contribution in [2.75, 3.05) is 17.3 Å². The van der Waals surface area contributed by atoms with Gasteiger partial charge in [0.25, 0.3) is 0 Å². The molecule has 0 saturated heterocycles. The van der Waals surface area contributed by atoms with E-state index < -0.39 is 0 Å². The molecule has 1 aromatic heterocycles. The lowest BCUT2D eigenvalue weighted by atomic mass is 10.1. The van der Waals surface area contributed by atoms with Gasteiger partial charge in [0.15, 0.2) is 0 Å². The van der Waals surface area contributed by atoms with Gasteiger partial charge in [-0.25, -0.2) is 9.66 Å². The Labute approximate surface area is 75.1 Å². The monoisotopic (exact) mass is 177 g/mol. The molecular weight excluding hydrogens is 166 g/mol. The van der Waals surface area contributed by atoms with Crippen molar-refractivity contribution < 1.29 is 0 Å². The third-order valence-electron chi connectivity index (χ3n) is 2.12. The van der Waals surface area contributed by atoms with Gasteiger partial charge in [0, 0.05) is 0 Å². The molecule has 68 valence electrons. The number of nitrogens with zero attached hydrogens (tertiary/aromatic N) is 2. The molecule has 0 atom stereocenters. The minimum absolute atomic E-state index is 0.599. The van der Waals surface area contributed by atoms with E-state index in [9.17, 15) is 0 Å². The normalized spacial score (nSPS) is 10.8. The summed E-state index contributed by atoms with van der Waals surface area (Å²) in [6.07, 6.45) is 1.50. The molecule has 0 saturated carbocycles. The molecule has 0 fully saturated rings. The van der Waals surface area contributed by atoms with Crippen LogP contribution < -0.4 is 17.3 Å². The molecule has 13 heavy (non-hydrogen) atoms. The molecule has 0 aliphatic rings. The molecule has 0 unspecified atom stereocenters. The highest BCUT2D eigenvalue weighted by molar-refractivity contribution is 5.97. The molecule has 0 radical (unpaired) electrons. The molecule has 0 spiro atoms. The van der Waals surface area contributed by atoms with Gasteiger partial charge in [-0.3, -0.25) is 0 Å². The van der Waals surface area contributed by atoms with Crippen LogP contribution in [-0.4, -0.2) is 9.66 Å². The highest BCUT2D eigenvalue weighted by atomic mass is 15.3. The van der Waals surface area contributed by atoms with Gasteiger partial charge >= 0.3 is 0 Å². The zero-order valence-electron chi connectivity index (χ0n) is 7.28. The first-order chi connectivity index (χ1) is 6.11. The first-order valence-corrected chi connectivity index (χ1v) is 3.88. The Balaban J connectivity index is 2.99. The summed E-state index contributed by atoms with van der Waals surface area (Å²) in [7, 11) is 0. The summed E-state index contributed by atoms with van der Waals surface area (Å²) >= 11 is 0. The third-order valence-corrected chi connectivity index (χ3v) is 2.12. The number of aromatic nitrogens is 2. The lowest BCUT2D eigenvalue weighted by Gasteiger charge is -2.04. The summed E-state index contributed by atoms with van der Waals surface area (Å²) in [5.74, 6) is 5.61. The number of anilines is 2. The van der Waals surface area contributed by atoms with Gasteiger partial charge in [-0.2, -0.15) is 0 Å². The van der Waals surface area contributed by atoms with E-state index in [0.29, 0.717) is 22.4 Å². The molecule has 2 aromatic rings. The van der Waals surface area contributed by atoms with Crippen LogP contribution in [-0.2, 0) is 0 Å². The lowest BCUT2D eigenvalue weighted by molar-refractivity contribution is 1.04. The third kappa shape index (κ3) is 0.900. The zero-order valence-corrected chi connectivity index (χ0v) is 7.28. The molecule has 6 N–H and O–H groups in total. The highest BCUT2D eigenvalue weighted by Crippen LogP contribution is 2.27. The van der Waals surface area contributed by atoms with E-state index in [0.717, 1.165) is 5.56 Å². The fraction of sp³-hybridized carbons (Fsp3) is 0.125. The van der Waals surface area contributed by atoms with Crippen molar-refractivity contribution in [3.05, 3.63) is 18.0 Å². The number of nitrogen functional groups attached to an aromatic ring is 3. The Kier molecular flexibility index (Phi) is 1.36. The van der Waals surface area contributed by atoms with Gasteiger partial charge < -0.3 is 17.3 Å². The number of imidazole rings is 1. The Bertz CT molecular complexity index is 471. The zero-order chi connectivity index (χ0) is 9.59. The van der Waals surface area contributed by atoms with Crippen LogP contribution in [0, 0.1) is 6.92 Å². The van der Waals surface area contributed by atoms with Gasteiger partial charge in [-0.15, -0.1) is 0 Å². The van der Waals surface area contributed by atoms with E-state index in [2.05, 4.69) is 4.98 Å². The predicted molar refractivity (Wildman–Crippen MR) is 53.4 cm³/mol. The van der Waals surface area contributed by atoms with Crippen molar-refractivity contribution in [3.8, 4) is 0 Å². The number of rotatable bonds is 0. The molecule has 0 aliphatic heterocycles. The van der Waals surface area contributed by atoms with E-state index in [1.807, 2.05) is 6.92 Å². The van der Waals surface area contributed by atoms with Crippen LogP contribution in [0.1, 0.15) is 5.56 Å². The second-order valence-corrected chi connectivity index (χ2v) is 3.05. The summed E-state index contributed by atoms with van der Waals surface area (Å²) in [5.41, 5.74) is 15.1. The van der Waals surface area contributed by atoms with Crippen molar-refractivity contribution in [1.82, 2.24) is 9.66 Å². The molecule has 0 aliphatic carbocycles. The fourth-order valence-electron chi connectivity index (χ4n) is 1.41.